The Labute approximate surface area is 72.5 Å². The van der Waals surface area contributed by atoms with E-state index in [0.29, 0.717) is 0 Å². The van der Waals surface area contributed by atoms with E-state index in [1.165, 1.54) is 21.0 Å². The van der Waals surface area contributed by atoms with Gasteiger partial charge >= 0.3 is 0 Å². The molecule has 0 aliphatic carbocycles. The van der Waals surface area contributed by atoms with Gasteiger partial charge in [0.05, 0.1) is 0 Å². The van der Waals surface area contributed by atoms with Gasteiger partial charge in [0.15, 0.2) is 0 Å². The summed E-state index contributed by atoms with van der Waals surface area (Å²) in [4.78, 5) is 0. The van der Waals surface area contributed by atoms with Crippen LogP contribution in [0.4, 0.5) is 0 Å². The molecule has 0 fully saturated rings. The first-order valence-corrected chi connectivity index (χ1v) is 5.01. The van der Waals surface area contributed by atoms with Crippen LogP contribution in [-0.2, 0) is 14.8 Å². The van der Waals surface area contributed by atoms with E-state index in [-0.39, 0.29) is 5.71 Å². The van der Waals surface area contributed by atoms with Crippen molar-refractivity contribution in [3.05, 3.63) is 0 Å². The lowest BCUT2D eigenvalue weighted by Crippen LogP contribution is -2.41. The highest BCUT2D eigenvalue weighted by molar-refractivity contribution is 7.89. The summed E-state index contributed by atoms with van der Waals surface area (Å²) in [5.41, 5.74) is 0.152. The van der Waals surface area contributed by atoms with Gasteiger partial charge in [-0.3, -0.25) is 0 Å². The lowest BCUT2D eigenvalue weighted by molar-refractivity contribution is 0.153. The Morgan fingerprint density at radius 2 is 2.00 bits per heavy atom. The molecule has 0 amide bonds. The molecule has 2 atom stereocenters. The molecular formula is C6H14N2O3S. The van der Waals surface area contributed by atoms with Gasteiger partial charge in [-0.15, -0.1) is 0 Å². The first-order valence-electron chi connectivity index (χ1n) is 3.40. The number of primary sulfonamides is 1. The molecule has 0 unspecified atom stereocenters. The van der Waals surface area contributed by atoms with Gasteiger partial charge in [0.25, 0.3) is 0 Å². The molecule has 0 saturated heterocycles. The summed E-state index contributed by atoms with van der Waals surface area (Å²) in [6, 6.07) is 0. The molecule has 0 aromatic carbocycles. The van der Waals surface area contributed by atoms with E-state index in [1.54, 1.807) is 0 Å². The molecule has 0 bridgehead atoms. The van der Waals surface area contributed by atoms with Crippen LogP contribution in [0, 0.1) is 5.41 Å². The molecule has 0 heterocycles. The summed E-state index contributed by atoms with van der Waals surface area (Å²) in [5, 5.41) is 11.2. The number of rotatable bonds is 4. The highest BCUT2D eigenvalue weighted by Crippen LogP contribution is 2.06. The minimum absolute atomic E-state index is 0.152. The highest BCUT2D eigenvalue weighted by atomic mass is 32.2. The van der Waals surface area contributed by atoms with Gasteiger partial charge in [0, 0.05) is 12.8 Å². The molecule has 3 N–H and O–H groups in total. The Kier molecular flexibility index (Phi) is 3.82. The molecule has 0 aromatic heterocycles. The third kappa shape index (κ3) is 2.88. The summed E-state index contributed by atoms with van der Waals surface area (Å²) < 4.78 is 26.5. The normalized spacial score (nSPS) is 17.0. The van der Waals surface area contributed by atoms with Crippen LogP contribution in [0.5, 0.6) is 0 Å². The second-order valence-corrected chi connectivity index (χ2v) is 4.56. The summed E-state index contributed by atoms with van der Waals surface area (Å²) in [6.07, 6.45) is -0.750. The Morgan fingerprint density at radius 1 is 1.58 bits per heavy atom. The first-order chi connectivity index (χ1) is 5.30. The molecule has 5 nitrogen and oxygen atoms in total. The summed E-state index contributed by atoms with van der Waals surface area (Å²) >= 11 is 0. The van der Waals surface area contributed by atoms with Crippen LogP contribution in [0.25, 0.3) is 0 Å². The summed E-state index contributed by atoms with van der Waals surface area (Å²) in [6.45, 7) is 2.90. The monoisotopic (exact) mass is 194 g/mol. The maximum atomic E-state index is 10.8. The van der Waals surface area contributed by atoms with Crippen LogP contribution >= 0.6 is 0 Å². The van der Waals surface area contributed by atoms with Crippen LogP contribution in [0.2, 0.25) is 0 Å². The van der Waals surface area contributed by atoms with E-state index in [0.717, 1.165) is 0 Å². The fraction of sp³-hybridized carbons (Fsp3) is 0.833. The molecule has 0 spiro atoms. The maximum Gasteiger partial charge on any atom is 0.214 e. The zero-order valence-electron chi connectivity index (χ0n) is 7.37. The Hall–Kier alpha value is -0.460. The number of methoxy groups -OCH3 is 1. The van der Waals surface area contributed by atoms with Gasteiger partial charge in [-0.25, -0.2) is 13.6 Å². The Balaban J connectivity index is 4.66. The zero-order valence-corrected chi connectivity index (χ0v) is 8.18. The van der Waals surface area contributed by atoms with Crippen LogP contribution in [-0.4, -0.2) is 32.6 Å². The van der Waals surface area contributed by atoms with Crippen molar-refractivity contribution in [2.24, 2.45) is 5.14 Å². The average molecular weight is 194 g/mol. The first kappa shape index (κ1) is 11.5. The number of nitrogens with one attached hydrogen (secondary N) is 1. The second kappa shape index (κ2) is 3.97. The molecule has 6 heteroatoms. The van der Waals surface area contributed by atoms with Crippen molar-refractivity contribution in [3.8, 4) is 0 Å². The fourth-order valence-corrected chi connectivity index (χ4v) is 1.55. The predicted octanol–water partition coefficient (Wildman–Crippen LogP) is -0.282. The number of ether oxygens (including phenoxy) is 1. The number of hydrogen-bond acceptors (Lipinski definition) is 4. The third-order valence-corrected chi connectivity index (χ3v) is 2.91. The molecule has 0 radical (unpaired) electrons. The number of hydrogen-bond donors (Lipinski definition) is 2. The maximum absolute atomic E-state index is 10.8. The van der Waals surface area contributed by atoms with Crippen molar-refractivity contribution in [2.75, 3.05) is 7.11 Å². The molecule has 12 heavy (non-hydrogen) atoms. The van der Waals surface area contributed by atoms with Gasteiger partial charge in [0.1, 0.15) is 11.4 Å². The van der Waals surface area contributed by atoms with Crippen molar-refractivity contribution in [1.82, 2.24) is 0 Å². The van der Waals surface area contributed by atoms with E-state index in [4.69, 9.17) is 15.3 Å². The molecule has 0 aromatic rings. The van der Waals surface area contributed by atoms with Crippen LogP contribution < -0.4 is 5.14 Å². The lowest BCUT2D eigenvalue weighted by atomic mass is 10.2. The fourth-order valence-electron chi connectivity index (χ4n) is 0.893. The van der Waals surface area contributed by atoms with Crippen molar-refractivity contribution in [2.45, 2.75) is 25.2 Å². The highest BCUT2D eigenvalue weighted by Gasteiger charge is 2.27. The predicted molar refractivity (Wildman–Crippen MR) is 46.8 cm³/mol. The minimum Gasteiger partial charge on any atom is -0.374 e. The summed E-state index contributed by atoms with van der Waals surface area (Å²) in [5.74, 6) is 0. The third-order valence-electron chi connectivity index (χ3n) is 1.63. The molecule has 72 valence electrons. The van der Waals surface area contributed by atoms with Gasteiger partial charge in [-0.2, -0.15) is 0 Å². The van der Waals surface area contributed by atoms with Crippen LogP contribution in [0.3, 0.4) is 0 Å². The molecule has 0 aliphatic rings. The summed E-state index contributed by atoms with van der Waals surface area (Å²) in [7, 11) is -2.27. The van der Waals surface area contributed by atoms with Gasteiger partial charge in [0.2, 0.25) is 10.0 Å². The average Bonchev–Trinajstić information content (AvgIpc) is 1.86. The topological polar surface area (TPSA) is 93.2 Å². The van der Waals surface area contributed by atoms with E-state index in [9.17, 15) is 8.42 Å². The van der Waals surface area contributed by atoms with Crippen molar-refractivity contribution >= 4 is 15.7 Å². The van der Waals surface area contributed by atoms with Gasteiger partial charge in [-0.05, 0) is 13.8 Å². The van der Waals surface area contributed by atoms with Crippen molar-refractivity contribution < 1.29 is 13.2 Å². The van der Waals surface area contributed by atoms with Gasteiger partial charge in [-0.1, -0.05) is 0 Å². The minimum atomic E-state index is -3.62. The van der Waals surface area contributed by atoms with E-state index < -0.39 is 21.4 Å². The van der Waals surface area contributed by atoms with Crippen molar-refractivity contribution in [3.63, 3.8) is 0 Å². The SMILES string of the molecule is CO[C@H](C(C)=N)[C@H](C)S(N)(=O)=O. The molecular weight excluding hydrogens is 180 g/mol. The van der Waals surface area contributed by atoms with Crippen molar-refractivity contribution in [1.29, 1.82) is 5.41 Å². The molecule has 0 rings (SSSR count). The number of sulfonamides is 1. The number of nitrogens with two attached hydrogens (primary N) is 1. The van der Waals surface area contributed by atoms with Crippen LogP contribution in [0.1, 0.15) is 13.8 Å². The Morgan fingerprint density at radius 3 is 2.08 bits per heavy atom. The van der Waals surface area contributed by atoms with Crippen LogP contribution in [0.15, 0.2) is 0 Å². The standard InChI is InChI=1S/C6H14N2O3S/c1-4(7)6(11-3)5(2)12(8,9)10/h5-7H,1-3H3,(H2,8,9,10)/t5-,6+/m0/s1. The van der Waals surface area contributed by atoms with Gasteiger partial charge < -0.3 is 10.1 Å². The zero-order chi connectivity index (χ0) is 9.94. The van der Waals surface area contributed by atoms with E-state index >= 15 is 0 Å². The second-order valence-electron chi connectivity index (χ2n) is 2.63. The Bertz CT molecular complexity index is 260. The molecule has 0 aliphatic heterocycles. The quantitative estimate of drug-likeness (QED) is 0.602. The lowest BCUT2D eigenvalue weighted by Gasteiger charge is -2.19. The van der Waals surface area contributed by atoms with E-state index in [1.807, 2.05) is 0 Å². The van der Waals surface area contributed by atoms with E-state index in [2.05, 4.69) is 0 Å². The largest absolute Gasteiger partial charge is 0.374 e. The smallest absolute Gasteiger partial charge is 0.214 e. The molecule has 0 saturated carbocycles.